The van der Waals surface area contributed by atoms with Gasteiger partial charge < -0.3 is 10.6 Å². The average Bonchev–Trinajstić information content (AvgIpc) is 2.80. The van der Waals surface area contributed by atoms with E-state index in [0.717, 1.165) is 19.1 Å². The number of nitrogens with one attached hydrogen (secondary N) is 2. The van der Waals surface area contributed by atoms with Crippen LogP contribution in [0.15, 0.2) is 0 Å². The third kappa shape index (κ3) is 5.64. The van der Waals surface area contributed by atoms with Gasteiger partial charge in [0, 0.05) is 25.6 Å². The van der Waals surface area contributed by atoms with Gasteiger partial charge >= 0.3 is 0 Å². The van der Waals surface area contributed by atoms with Crippen LogP contribution in [0.4, 0.5) is 0 Å². The van der Waals surface area contributed by atoms with Crippen molar-refractivity contribution in [2.75, 3.05) is 13.1 Å². The highest BCUT2D eigenvalue weighted by molar-refractivity contribution is 5.75. The SMILES string of the molecule is CC(C)CC(=O)NCCNC1CC1. The topological polar surface area (TPSA) is 41.1 Å². The maximum Gasteiger partial charge on any atom is 0.220 e. The molecule has 0 saturated heterocycles. The molecule has 3 heteroatoms. The lowest BCUT2D eigenvalue weighted by atomic mass is 10.1. The Labute approximate surface area is 80.3 Å². The predicted octanol–water partition coefficient (Wildman–Crippen LogP) is 0.901. The standard InChI is InChI=1S/C10H20N2O/c1-8(2)7-10(13)12-6-5-11-9-3-4-9/h8-9,11H,3-7H2,1-2H3,(H,12,13). The minimum atomic E-state index is 0.174. The Bertz CT molecular complexity index is 164. The van der Waals surface area contributed by atoms with Crippen LogP contribution in [0.5, 0.6) is 0 Å². The first-order valence-corrected chi connectivity index (χ1v) is 5.18. The largest absolute Gasteiger partial charge is 0.355 e. The summed E-state index contributed by atoms with van der Waals surface area (Å²) in [6.07, 6.45) is 3.25. The van der Waals surface area contributed by atoms with Crippen LogP contribution in [-0.4, -0.2) is 25.0 Å². The monoisotopic (exact) mass is 184 g/mol. The first-order chi connectivity index (χ1) is 6.18. The maximum atomic E-state index is 11.2. The summed E-state index contributed by atoms with van der Waals surface area (Å²) in [5, 5.41) is 6.25. The third-order valence-electron chi connectivity index (χ3n) is 2.05. The Morgan fingerprint density at radius 3 is 2.62 bits per heavy atom. The molecule has 0 bridgehead atoms. The van der Waals surface area contributed by atoms with Crippen LogP contribution in [0.3, 0.4) is 0 Å². The Balaban J connectivity index is 1.88. The van der Waals surface area contributed by atoms with Crippen molar-refractivity contribution in [3.63, 3.8) is 0 Å². The van der Waals surface area contributed by atoms with Gasteiger partial charge in [0.2, 0.25) is 5.91 Å². The van der Waals surface area contributed by atoms with Gasteiger partial charge in [-0.3, -0.25) is 4.79 Å². The molecule has 3 nitrogen and oxygen atoms in total. The molecule has 1 aliphatic carbocycles. The number of hydrogen-bond acceptors (Lipinski definition) is 2. The molecular formula is C10H20N2O. The fraction of sp³-hybridized carbons (Fsp3) is 0.900. The van der Waals surface area contributed by atoms with Crippen LogP contribution < -0.4 is 10.6 Å². The molecule has 0 aromatic rings. The van der Waals surface area contributed by atoms with Crippen molar-refractivity contribution in [1.82, 2.24) is 10.6 Å². The lowest BCUT2D eigenvalue weighted by Crippen LogP contribution is -2.33. The molecule has 0 unspecified atom stereocenters. The maximum absolute atomic E-state index is 11.2. The van der Waals surface area contributed by atoms with Crippen LogP contribution in [0.2, 0.25) is 0 Å². The van der Waals surface area contributed by atoms with Gasteiger partial charge in [-0.15, -0.1) is 0 Å². The molecule has 0 atom stereocenters. The van der Waals surface area contributed by atoms with E-state index in [1.807, 2.05) is 0 Å². The first kappa shape index (κ1) is 10.5. The van der Waals surface area contributed by atoms with Crippen LogP contribution in [-0.2, 0) is 4.79 Å². The van der Waals surface area contributed by atoms with Crippen LogP contribution >= 0.6 is 0 Å². The molecular weight excluding hydrogens is 164 g/mol. The van der Waals surface area contributed by atoms with E-state index < -0.39 is 0 Å². The summed E-state index contributed by atoms with van der Waals surface area (Å²) in [5.74, 6) is 0.629. The zero-order chi connectivity index (χ0) is 9.68. The van der Waals surface area contributed by atoms with Gasteiger partial charge in [-0.1, -0.05) is 13.8 Å². The van der Waals surface area contributed by atoms with Gasteiger partial charge in [0.25, 0.3) is 0 Å². The Hall–Kier alpha value is -0.570. The predicted molar refractivity (Wildman–Crippen MR) is 53.5 cm³/mol. The van der Waals surface area contributed by atoms with Gasteiger partial charge in [-0.2, -0.15) is 0 Å². The summed E-state index contributed by atoms with van der Waals surface area (Å²) in [6, 6.07) is 0.738. The van der Waals surface area contributed by atoms with Crippen LogP contribution in [0.25, 0.3) is 0 Å². The first-order valence-electron chi connectivity index (χ1n) is 5.18. The summed E-state index contributed by atoms with van der Waals surface area (Å²) in [4.78, 5) is 11.2. The zero-order valence-electron chi connectivity index (χ0n) is 8.60. The van der Waals surface area contributed by atoms with E-state index >= 15 is 0 Å². The smallest absolute Gasteiger partial charge is 0.220 e. The van der Waals surface area contributed by atoms with Gasteiger partial charge in [-0.25, -0.2) is 0 Å². The summed E-state index contributed by atoms with van der Waals surface area (Å²) in [5.41, 5.74) is 0. The molecule has 0 spiro atoms. The van der Waals surface area contributed by atoms with Gasteiger partial charge in [0.1, 0.15) is 0 Å². The summed E-state index contributed by atoms with van der Waals surface area (Å²) < 4.78 is 0. The van der Waals surface area contributed by atoms with Crippen molar-refractivity contribution < 1.29 is 4.79 Å². The van der Waals surface area contributed by atoms with Gasteiger partial charge in [0.15, 0.2) is 0 Å². The Morgan fingerprint density at radius 2 is 2.08 bits per heavy atom. The van der Waals surface area contributed by atoms with E-state index in [4.69, 9.17) is 0 Å². The Kier molecular flexibility index (Phi) is 4.22. The molecule has 0 radical (unpaired) electrons. The fourth-order valence-electron chi connectivity index (χ4n) is 1.21. The highest BCUT2D eigenvalue weighted by Gasteiger charge is 2.19. The number of hydrogen-bond donors (Lipinski definition) is 2. The van der Waals surface area contributed by atoms with Crippen molar-refractivity contribution in [2.24, 2.45) is 5.92 Å². The molecule has 0 aliphatic heterocycles. The highest BCUT2D eigenvalue weighted by Crippen LogP contribution is 2.17. The molecule has 1 amide bonds. The molecule has 13 heavy (non-hydrogen) atoms. The molecule has 0 heterocycles. The van der Waals surface area contributed by atoms with E-state index in [2.05, 4.69) is 24.5 Å². The molecule has 0 aromatic carbocycles. The lowest BCUT2D eigenvalue weighted by molar-refractivity contribution is -0.121. The molecule has 0 aromatic heterocycles. The van der Waals surface area contributed by atoms with Crippen LogP contribution in [0.1, 0.15) is 33.1 Å². The molecule has 1 saturated carbocycles. The molecule has 2 N–H and O–H groups in total. The normalized spacial score (nSPS) is 16.2. The van der Waals surface area contributed by atoms with E-state index in [9.17, 15) is 4.79 Å². The van der Waals surface area contributed by atoms with E-state index in [1.54, 1.807) is 0 Å². The summed E-state index contributed by atoms with van der Waals surface area (Å²) in [6.45, 7) is 5.79. The number of rotatable bonds is 6. The second-order valence-electron chi connectivity index (χ2n) is 4.18. The minimum absolute atomic E-state index is 0.174. The molecule has 1 fully saturated rings. The molecule has 76 valence electrons. The second-order valence-corrected chi connectivity index (χ2v) is 4.18. The highest BCUT2D eigenvalue weighted by atomic mass is 16.1. The third-order valence-corrected chi connectivity index (χ3v) is 2.05. The van der Waals surface area contributed by atoms with Crippen molar-refractivity contribution in [2.45, 2.75) is 39.2 Å². The van der Waals surface area contributed by atoms with Crippen molar-refractivity contribution in [3.8, 4) is 0 Å². The van der Waals surface area contributed by atoms with E-state index in [0.29, 0.717) is 12.3 Å². The number of amides is 1. The fourth-order valence-corrected chi connectivity index (χ4v) is 1.21. The minimum Gasteiger partial charge on any atom is -0.355 e. The van der Waals surface area contributed by atoms with E-state index in [-0.39, 0.29) is 5.91 Å². The average molecular weight is 184 g/mol. The van der Waals surface area contributed by atoms with Gasteiger partial charge in [0.05, 0.1) is 0 Å². The van der Waals surface area contributed by atoms with Gasteiger partial charge in [-0.05, 0) is 18.8 Å². The second kappa shape index (κ2) is 5.22. The Morgan fingerprint density at radius 1 is 1.38 bits per heavy atom. The van der Waals surface area contributed by atoms with E-state index in [1.165, 1.54) is 12.8 Å². The zero-order valence-corrected chi connectivity index (χ0v) is 8.60. The quantitative estimate of drug-likeness (QED) is 0.602. The lowest BCUT2D eigenvalue weighted by Gasteiger charge is -2.07. The summed E-state index contributed by atoms with van der Waals surface area (Å²) >= 11 is 0. The van der Waals surface area contributed by atoms with Crippen molar-refractivity contribution in [3.05, 3.63) is 0 Å². The van der Waals surface area contributed by atoms with Crippen LogP contribution in [0, 0.1) is 5.92 Å². The molecule has 1 rings (SSSR count). The number of carbonyl (C=O) groups is 1. The van der Waals surface area contributed by atoms with Crippen molar-refractivity contribution >= 4 is 5.91 Å². The van der Waals surface area contributed by atoms with Crippen molar-refractivity contribution in [1.29, 1.82) is 0 Å². The molecule has 1 aliphatic rings. The number of carbonyl (C=O) groups excluding carboxylic acids is 1. The summed E-state index contributed by atoms with van der Waals surface area (Å²) in [7, 11) is 0.